The Bertz CT molecular complexity index is 290. The summed E-state index contributed by atoms with van der Waals surface area (Å²) in [5.41, 5.74) is 1.81. The number of hydrogen-bond donors (Lipinski definition) is 0. The number of allylic oxidation sites excluding steroid dienone is 1. The fourth-order valence-corrected chi connectivity index (χ4v) is 1.16. The molecule has 0 radical (unpaired) electrons. The lowest BCUT2D eigenvalue weighted by Gasteiger charge is -2.04. The van der Waals surface area contributed by atoms with Crippen LogP contribution in [0.5, 0.6) is 0 Å². The topological polar surface area (TPSA) is 12.9 Å². The van der Waals surface area contributed by atoms with E-state index in [1.54, 1.807) is 18.0 Å². The van der Waals surface area contributed by atoms with E-state index < -0.39 is 0 Å². The third kappa shape index (κ3) is 1.98. The highest BCUT2D eigenvalue weighted by atomic mass is 32.2. The van der Waals surface area contributed by atoms with Crippen LogP contribution in [0.2, 0.25) is 0 Å². The van der Waals surface area contributed by atoms with E-state index in [-0.39, 0.29) is 0 Å². The zero-order valence-electron chi connectivity index (χ0n) is 7.08. The summed E-state index contributed by atoms with van der Waals surface area (Å²) in [5, 5.41) is 0. The molecule has 0 aliphatic heterocycles. The third-order valence-corrected chi connectivity index (χ3v) is 2.30. The van der Waals surface area contributed by atoms with Crippen molar-refractivity contribution >= 4 is 17.3 Å². The lowest BCUT2D eigenvalue weighted by molar-refractivity contribution is 1.28. The zero-order chi connectivity index (χ0) is 8.97. The quantitative estimate of drug-likeness (QED) is 0.658. The molecule has 1 aromatic rings. The first kappa shape index (κ1) is 9.07. The molecule has 0 atom stereocenters. The second-order valence-electron chi connectivity index (χ2n) is 2.32. The van der Waals surface area contributed by atoms with E-state index in [1.165, 1.54) is 0 Å². The van der Waals surface area contributed by atoms with Crippen molar-refractivity contribution < 1.29 is 0 Å². The SMILES string of the molecule is C=C(SC)C(=C)c1ccccn1. The summed E-state index contributed by atoms with van der Waals surface area (Å²) in [6.07, 6.45) is 3.74. The molecule has 0 fully saturated rings. The van der Waals surface area contributed by atoms with Crippen molar-refractivity contribution in [2.75, 3.05) is 6.26 Å². The molecule has 0 aliphatic carbocycles. The van der Waals surface area contributed by atoms with Gasteiger partial charge in [0.2, 0.25) is 0 Å². The normalized spacial score (nSPS) is 9.42. The minimum atomic E-state index is 0.900. The van der Waals surface area contributed by atoms with Gasteiger partial charge in [-0.2, -0.15) is 0 Å². The maximum atomic E-state index is 4.17. The minimum absolute atomic E-state index is 0.900. The Hall–Kier alpha value is -1.02. The number of hydrogen-bond acceptors (Lipinski definition) is 2. The molecule has 0 spiro atoms. The highest BCUT2D eigenvalue weighted by Gasteiger charge is 2.01. The van der Waals surface area contributed by atoms with Gasteiger partial charge >= 0.3 is 0 Å². The van der Waals surface area contributed by atoms with Crippen LogP contribution in [-0.2, 0) is 0 Å². The predicted octanol–water partition coefficient (Wildman–Crippen LogP) is 2.97. The van der Waals surface area contributed by atoms with Crippen LogP contribution >= 0.6 is 11.8 Å². The van der Waals surface area contributed by atoms with Crippen LogP contribution in [0.3, 0.4) is 0 Å². The first-order valence-electron chi connectivity index (χ1n) is 3.59. The summed E-state index contributed by atoms with van der Waals surface area (Å²) >= 11 is 1.59. The van der Waals surface area contributed by atoms with E-state index in [1.807, 2.05) is 24.5 Å². The van der Waals surface area contributed by atoms with E-state index in [4.69, 9.17) is 0 Å². The first-order valence-corrected chi connectivity index (χ1v) is 4.81. The second kappa shape index (κ2) is 4.12. The van der Waals surface area contributed by atoms with E-state index >= 15 is 0 Å². The molecule has 0 aliphatic rings. The fourth-order valence-electron chi connectivity index (χ4n) is 0.807. The smallest absolute Gasteiger partial charge is 0.0707 e. The van der Waals surface area contributed by atoms with Crippen LogP contribution in [0.1, 0.15) is 5.69 Å². The summed E-state index contributed by atoms with van der Waals surface area (Å²) in [4.78, 5) is 5.14. The Balaban J connectivity index is 2.86. The summed E-state index contributed by atoms with van der Waals surface area (Å²) < 4.78 is 0. The van der Waals surface area contributed by atoms with E-state index in [0.29, 0.717) is 0 Å². The van der Waals surface area contributed by atoms with E-state index in [9.17, 15) is 0 Å². The van der Waals surface area contributed by atoms with Crippen molar-refractivity contribution in [1.29, 1.82) is 0 Å². The lowest BCUT2D eigenvalue weighted by atomic mass is 10.2. The summed E-state index contributed by atoms with van der Waals surface area (Å²) in [5.74, 6) is 0. The molecule has 0 N–H and O–H groups in total. The van der Waals surface area contributed by atoms with Gasteiger partial charge in [0.1, 0.15) is 0 Å². The molecule has 1 nitrogen and oxygen atoms in total. The zero-order valence-corrected chi connectivity index (χ0v) is 7.90. The van der Waals surface area contributed by atoms with Gasteiger partial charge in [-0.05, 0) is 18.4 Å². The monoisotopic (exact) mass is 177 g/mol. The third-order valence-electron chi connectivity index (χ3n) is 1.56. The molecule has 0 aromatic carbocycles. The van der Waals surface area contributed by atoms with Crippen LogP contribution in [0.4, 0.5) is 0 Å². The predicted molar refractivity (Wildman–Crippen MR) is 55.9 cm³/mol. The molecular formula is C10H11NS. The molecular weight excluding hydrogens is 166 g/mol. The van der Waals surface area contributed by atoms with Crippen molar-refractivity contribution in [2.45, 2.75) is 0 Å². The molecule has 1 aromatic heterocycles. The Morgan fingerprint density at radius 3 is 2.67 bits per heavy atom. The summed E-state index contributed by atoms with van der Waals surface area (Å²) in [6, 6.07) is 5.77. The molecule has 2 heteroatoms. The van der Waals surface area contributed by atoms with E-state index in [2.05, 4.69) is 18.1 Å². The highest BCUT2D eigenvalue weighted by Crippen LogP contribution is 2.24. The maximum Gasteiger partial charge on any atom is 0.0707 e. The molecule has 1 heterocycles. The van der Waals surface area contributed by atoms with Crippen molar-refractivity contribution in [2.24, 2.45) is 0 Å². The Kier molecular flexibility index (Phi) is 3.11. The highest BCUT2D eigenvalue weighted by molar-refractivity contribution is 8.02. The number of pyridine rings is 1. The molecule has 0 unspecified atom stereocenters. The van der Waals surface area contributed by atoms with Crippen molar-refractivity contribution in [3.05, 3.63) is 48.2 Å². The van der Waals surface area contributed by atoms with Gasteiger partial charge in [-0.15, -0.1) is 11.8 Å². The van der Waals surface area contributed by atoms with Crippen molar-refractivity contribution in [1.82, 2.24) is 4.98 Å². The van der Waals surface area contributed by atoms with Crippen molar-refractivity contribution in [3.63, 3.8) is 0 Å². The molecule has 0 amide bonds. The average molecular weight is 177 g/mol. The van der Waals surface area contributed by atoms with Crippen LogP contribution in [0.15, 0.2) is 42.5 Å². The molecule has 0 bridgehead atoms. The van der Waals surface area contributed by atoms with Crippen molar-refractivity contribution in [3.8, 4) is 0 Å². The Labute approximate surface area is 77.2 Å². The number of aromatic nitrogens is 1. The molecule has 12 heavy (non-hydrogen) atoms. The number of rotatable bonds is 3. The number of nitrogens with zero attached hydrogens (tertiary/aromatic N) is 1. The molecule has 1 rings (SSSR count). The lowest BCUT2D eigenvalue weighted by Crippen LogP contribution is -1.86. The van der Waals surface area contributed by atoms with Gasteiger partial charge in [-0.25, -0.2) is 0 Å². The number of thioether (sulfide) groups is 1. The summed E-state index contributed by atoms with van der Waals surface area (Å²) in [7, 11) is 0. The van der Waals surface area contributed by atoms with Crippen LogP contribution in [0.25, 0.3) is 5.57 Å². The van der Waals surface area contributed by atoms with Gasteiger partial charge in [0.05, 0.1) is 5.69 Å². The first-order chi connectivity index (χ1) is 5.75. The Morgan fingerprint density at radius 2 is 2.17 bits per heavy atom. The van der Waals surface area contributed by atoms with Gasteiger partial charge in [0.15, 0.2) is 0 Å². The standard InChI is InChI=1S/C10H11NS/c1-8(9(2)12-3)10-6-4-5-7-11-10/h4-7H,1-2H2,3H3. The van der Waals surface area contributed by atoms with E-state index in [0.717, 1.165) is 16.2 Å². The van der Waals surface area contributed by atoms with Gasteiger partial charge < -0.3 is 0 Å². The average Bonchev–Trinajstić information content (AvgIpc) is 2.17. The van der Waals surface area contributed by atoms with Gasteiger partial charge in [0.25, 0.3) is 0 Å². The van der Waals surface area contributed by atoms with Crippen LogP contribution in [-0.4, -0.2) is 11.2 Å². The van der Waals surface area contributed by atoms with Gasteiger partial charge in [0, 0.05) is 16.7 Å². The maximum absolute atomic E-state index is 4.17. The molecule has 0 saturated heterocycles. The molecule has 62 valence electrons. The van der Waals surface area contributed by atoms with Crippen LogP contribution < -0.4 is 0 Å². The van der Waals surface area contributed by atoms with Crippen LogP contribution in [0, 0.1) is 0 Å². The van der Waals surface area contributed by atoms with Gasteiger partial charge in [-0.3, -0.25) is 4.98 Å². The fraction of sp³-hybridized carbons (Fsp3) is 0.100. The second-order valence-corrected chi connectivity index (χ2v) is 3.22. The largest absolute Gasteiger partial charge is 0.256 e. The molecule has 0 saturated carbocycles. The minimum Gasteiger partial charge on any atom is -0.256 e. The van der Waals surface area contributed by atoms with Gasteiger partial charge in [-0.1, -0.05) is 19.2 Å². The summed E-state index contributed by atoms with van der Waals surface area (Å²) in [6.45, 7) is 7.79. The Morgan fingerprint density at radius 1 is 1.42 bits per heavy atom.